The van der Waals surface area contributed by atoms with Gasteiger partial charge in [0.25, 0.3) is 0 Å². The van der Waals surface area contributed by atoms with Gasteiger partial charge in [-0.15, -0.1) is 10.2 Å². The van der Waals surface area contributed by atoms with E-state index in [1.807, 2.05) is 59.5 Å². The molecule has 1 atom stereocenters. The van der Waals surface area contributed by atoms with E-state index in [1.54, 1.807) is 6.92 Å². The molecule has 2 heterocycles. The minimum atomic E-state index is -0.872. The summed E-state index contributed by atoms with van der Waals surface area (Å²) in [6.45, 7) is 2.32. The molecule has 0 aliphatic carbocycles. The van der Waals surface area contributed by atoms with Crippen LogP contribution in [0.3, 0.4) is 0 Å². The first-order valence-electron chi connectivity index (χ1n) is 8.96. The molecular weight excluding hydrogens is 370 g/mol. The Morgan fingerprint density at radius 2 is 1.71 bits per heavy atom. The van der Waals surface area contributed by atoms with E-state index in [2.05, 4.69) is 27.4 Å². The topological polar surface area (TPSA) is 89.8 Å². The van der Waals surface area contributed by atoms with Crippen molar-refractivity contribution in [1.29, 1.82) is 0 Å². The number of benzene rings is 2. The highest BCUT2D eigenvalue weighted by atomic mass is 32.1. The maximum Gasteiger partial charge on any atom is 0.147 e. The number of rotatable bonds is 6. The summed E-state index contributed by atoms with van der Waals surface area (Å²) >= 11 is 1.40. The van der Waals surface area contributed by atoms with Gasteiger partial charge < -0.3 is 10.8 Å². The predicted molar refractivity (Wildman–Crippen MR) is 111 cm³/mol. The second kappa shape index (κ2) is 7.63. The molecule has 28 heavy (non-hydrogen) atoms. The fraction of sp³-hybridized carbons (Fsp3) is 0.190. The van der Waals surface area contributed by atoms with Gasteiger partial charge >= 0.3 is 0 Å². The molecule has 4 aromatic rings. The van der Waals surface area contributed by atoms with Gasteiger partial charge in [0, 0.05) is 17.3 Å². The van der Waals surface area contributed by atoms with Crippen molar-refractivity contribution in [3.8, 4) is 21.7 Å². The lowest BCUT2D eigenvalue weighted by Crippen LogP contribution is -2.36. The van der Waals surface area contributed by atoms with Crippen LogP contribution in [0.1, 0.15) is 17.5 Å². The summed E-state index contributed by atoms with van der Waals surface area (Å²) in [4.78, 5) is 0. The van der Waals surface area contributed by atoms with Crippen molar-refractivity contribution in [3.05, 3.63) is 77.6 Å². The Balaban J connectivity index is 1.51. The molecule has 4 rings (SSSR count). The molecule has 0 aliphatic heterocycles. The normalized spacial score (nSPS) is 13.4. The number of aromatic nitrogens is 4. The van der Waals surface area contributed by atoms with Crippen LogP contribution in [0.5, 0.6) is 0 Å². The fourth-order valence-corrected chi connectivity index (χ4v) is 3.71. The smallest absolute Gasteiger partial charge is 0.147 e. The highest BCUT2D eigenvalue weighted by Gasteiger charge is 2.25. The van der Waals surface area contributed by atoms with Gasteiger partial charge in [0.1, 0.15) is 10.0 Å². The Hall–Kier alpha value is -2.87. The monoisotopic (exact) mass is 391 g/mol. The number of aliphatic hydroxyl groups excluding tert-OH is 1. The van der Waals surface area contributed by atoms with Gasteiger partial charge in [0.15, 0.2) is 0 Å². The Morgan fingerprint density at radius 3 is 2.43 bits per heavy atom. The number of aliphatic hydroxyl groups is 1. The largest absolute Gasteiger partial charge is 0.394 e. The molecular formula is C21H21N5OS. The van der Waals surface area contributed by atoms with E-state index in [4.69, 9.17) is 5.73 Å². The van der Waals surface area contributed by atoms with Crippen LogP contribution in [-0.4, -0.2) is 31.7 Å². The third kappa shape index (κ3) is 3.87. The van der Waals surface area contributed by atoms with E-state index in [-0.39, 0.29) is 6.61 Å². The van der Waals surface area contributed by atoms with E-state index in [1.165, 1.54) is 16.9 Å². The Bertz CT molecular complexity index is 1050. The van der Waals surface area contributed by atoms with Crippen LogP contribution in [0, 0.1) is 0 Å². The van der Waals surface area contributed by atoms with Crippen LogP contribution in [0.2, 0.25) is 0 Å². The van der Waals surface area contributed by atoms with E-state index < -0.39 is 5.54 Å². The standard InChI is InChI=1S/C21H21N5OS/c1-21(22,14-27)20-25-24-19(28-20)17-9-7-16(8-10-17)18-11-23-26(13-18)12-15-5-3-2-4-6-15/h2-11,13,27H,12,14,22H2,1H3/t21-/m0/s1. The van der Waals surface area contributed by atoms with Crippen molar-refractivity contribution in [2.75, 3.05) is 6.61 Å². The summed E-state index contributed by atoms with van der Waals surface area (Å²) in [7, 11) is 0. The molecule has 0 saturated heterocycles. The predicted octanol–water partition coefficient (Wildman–Crippen LogP) is 3.28. The third-order valence-corrected chi connectivity index (χ3v) is 5.78. The van der Waals surface area contributed by atoms with Gasteiger partial charge in [-0.2, -0.15) is 5.10 Å². The summed E-state index contributed by atoms with van der Waals surface area (Å²) in [5, 5.41) is 23.6. The van der Waals surface area contributed by atoms with Gasteiger partial charge in [0.2, 0.25) is 0 Å². The Labute approximate surface area is 167 Å². The zero-order valence-corrected chi connectivity index (χ0v) is 16.3. The van der Waals surface area contributed by atoms with Crippen molar-refractivity contribution in [3.63, 3.8) is 0 Å². The molecule has 0 radical (unpaired) electrons. The molecule has 0 amide bonds. The maximum absolute atomic E-state index is 9.39. The number of hydrogen-bond acceptors (Lipinski definition) is 6. The lowest BCUT2D eigenvalue weighted by Gasteiger charge is -2.16. The highest BCUT2D eigenvalue weighted by Crippen LogP contribution is 2.30. The minimum Gasteiger partial charge on any atom is -0.394 e. The SMILES string of the molecule is C[C@](N)(CO)c1nnc(-c2ccc(-c3cnn(Cc4ccccc4)c3)cc2)s1. The van der Waals surface area contributed by atoms with E-state index in [0.717, 1.165) is 28.2 Å². The molecule has 3 N–H and O–H groups in total. The maximum atomic E-state index is 9.39. The van der Waals surface area contributed by atoms with Gasteiger partial charge in [-0.05, 0) is 18.1 Å². The van der Waals surface area contributed by atoms with Gasteiger partial charge in [0.05, 0.1) is 24.9 Å². The van der Waals surface area contributed by atoms with Crippen molar-refractivity contribution in [2.45, 2.75) is 19.0 Å². The summed E-state index contributed by atoms with van der Waals surface area (Å²) in [5.41, 5.74) is 9.51. The second-order valence-electron chi connectivity index (χ2n) is 6.98. The number of nitrogens with zero attached hydrogens (tertiary/aromatic N) is 4. The Morgan fingerprint density at radius 1 is 1.00 bits per heavy atom. The van der Waals surface area contributed by atoms with Crippen molar-refractivity contribution < 1.29 is 5.11 Å². The van der Waals surface area contributed by atoms with Crippen LogP contribution < -0.4 is 5.73 Å². The summed E-state index contributed by atoms with van der Waals surface area (Å²) < 4.78 is 1.94. The molecule has 7 heteroatoms. The van der Waals surface area contributed by atoms with Crippen molar-refractivity contribution in [1.82, 2.24) is 20.0 Å². The van der Waals surface area contributed by atoms with Crippen LogP contribution >= 0.6 is 11.3 Å². The zero-order chi connectivity index (χ0) is 19.6. The average Bonchev–Trinajstić information content (AvgIpc) is 3.39. The van der Waals surface area contributed by atoms with Crippen molar-refractivity contribution in [2.24, 2.45) is 5.73 Å². The molecule has 0 aliphatic rings. The van der Waals surface area contributed by atoms with Crippen LogP contribution in [-0.2, 0) is 12.1 Å². The van der Waals surface area contributed by atoms with Crippen molar-refractivity contribution >= 4 is 11.3 Å². The van der Waals surface area contributed by atoms with E-state index in [0.29, 0.717) is 5.01 Å². The minimum absolute atomic E-state index is 0.173. The van der Waals surface area contributed by atoms with Gasteiger partial charge in [-0.1, -0.05) is 65.9 Å². The average molecular weight is 392 g/mol. The lowest BCUT2D eigenvalue weighted by molar-refractivity contribution is 0.209. The van der Waals surface area contributed by atoms with E-state index in [9.17, 15) is 5.11 Å². The molecule has 2 aromatic heterocycles. The molecule has 0 spiro atoms. The molecule has 0 unspecified atom stereocenters. The lowest BCUT2D eigenvalue weighted by atomic mass is 10.1. The quantitative estimate of drug-likeness (QED) is 0.526. The molecule has 0 saturated carbocycles. The van der Waals surface area contributed by atoms with Crippen LogP contribution in [0.4, 0.5) is 0 Å². The fourth-order valence-electron chi connectivity index (χ4n) is 2.81. The van der Waals surface area contributed by atoms with Crippen LogP contribution in [0.25, 0.3) is 21.7 Å². The third-order valence-electron chi connectivity index (χ3n) is 4.53. The van der Waals surface area contributed by atoms with Crippen LogP contribution in [0.15, 0.2) is 67.0 Å². The highest BCUT2D eigenvalue weighted by molar-refractivity contribution is 7.14. The molecule has 0 fully saturated rings. The van der Waals surface area contributed by atoms with E-state index >= 15 is 0 Å². The van der Waals surface area contributed by atoms with Gasteiger partial charge in [-0.3, -0.25) is 4.68 Å². The first-order chi connectivity index (χ1) is 13.5. The summed E-state index contributed by atoms with van der Waals surface area (Å²) in [6.07, 6.45) is 3.92. The first kappa shape index (κ1) is 18.5. The first-order valence-corrected chi connectivity index (χ1v) is 9.78. The van der Waals surface area contributed by atoms with Gasteiger partial charge in [-0.25, -0.2) is 0 Å². The number of hydrogen-bond donors (Lipinski definition) is 2. The summed E-state index contributed by atoms with van der Waals surface area (Å²) in [6, 6.07) is 18.4. The molecule has 6 nitrogen and oxygen atoms in total. The summed E-state index contributed by atoms with van der Waals surface area (Å²) in [5.74, 6) is 0. The molecule has 142 valence electrons. The number of nitrogens with two attached hydrogens (primary N) is 1. The zero-order valence-electron chi connectivity index (χ0n) is 15.5. The Kier molecular flexibility index (Phi) is 5.04. The second-order valence-corrected chi connectivity index (χ2v) is 7.96. The molecule has 0 bridgehead atoms. The molecule has 2 aromatic carbocycles.